The van der Waals surface area contributed by atoms with Crippen LogP contribution in [0.2, 0.25) is 15.1 Å². The van der Waals surface area contributed by atoms with Crippen LogP contribution in [0.15, 0.2) is 23.1 Å². The SMILES string of the molecule is CC/C=C/CCSc1cc(Cl)c(O)c(Cl)c1Cl. The fourth-order valence-corrected chi connectivity index (χ4v) is 2.98. The summed E-state index contributed by atoms with van der Waals surface area (Å²) < 4.78 is 0. The van der Waals surface area contributed by atoms with Crippen LogP contribution in [0, 0.1) is 0 Å². The normalized spacial score (nSPS) is 11.3. The van der Waals surface area contributed by atoms with E-state index < -0.39 is 0 Å². The molecule has 0 aliphatic carbocycles. The standard InChI is InChI=1S/C12H13Cl3OS/c1-2-3-4-5-6-17-9-7-8(13)12(16)11(15)10(9)14/h3-4,7,16H,2,5-6H2,1H3/b4-3+. The molecular weight excluding hydrogens is 299 g/mol. The average Bonchev–Trinajstić information content (AvgIpc) is 2.32. The third-order valence-electron chi connectivity index (χ3n) is 2.05. The third-order valence-corrected chi connectivity index (χ3v) is 4.38. The van der Waals surface area contributed by atoms with Gasteiger partial charge in [-0.3, -0.25) is 0 Å². The van der Waals surface area contributed by atoms with E-state index in [2.05, 4.69) is 19.1 Å². The summed E-state index contributed by atoms with van der Waals surface area (Å²) in [6.07, 6.45) is 6.26. The average molecular weight is 312 g/mol. The van der Waals surface area contributed by atoms with Gasteiger partial charge in [0.2, 0.25) is 0 Å². The minimum absolute atomic E-state index is 0.116. The summed E-state index contributed by atoms with van der Waals surface area (Å²) in [5, 5.41) is 10.2. The van der Waals surface area contributed by atoms with Crippen LogP contribution in [0.1, 0.15) is 19.8 Å². The second-order valence-electron chi connectivity index (χ2n) is 3.35. The molecule has 1 N–H and O–H groups in total. The van der Waals surface area contributed by atoms with Crippen molar-refractivity contribution in [2.45, 2.75) is 24.7 Å². The highest BCUT2D eigenvalue weighted by atomic mass is 35.5. The van der Waals surface area contributed by atoms with Gasteiger partial charge in [0, 0.05) is 10.6 Å². The van der Waals surface area contributed by atoms with E-state index in [9.17, 15) is 5.11 Å². The summed E-state index contributed by atoms with van der Waals surface area (Å²) in [7, 11) is 0. The van der Waals surface area contributed by atoms with Crippen LogP contribution in [-0.2, 0) is 0 Å². The predicted molar refractivity (Wildman–Crippen MR) is 77.9 cm³/mol. The molecular formula is C12H13Cl3OS. The molecule has 1 aromatic rings. The monoisotopic (exact) mass is 310 g/mol. The fourth-order valence-electron chi connectivity index (χ4n) is 1.19. The summed E-state index contributed by atoms with van der Waals surface area (Å²) in [5.41, 5.74) is 0. The summed E-state index contributed by atoms with van der Waals surface area (Å²) >= 11 is 19.3. The van der Waals surface area contributed by atoms with Gasteiger partial charge >= 0.3 is 0 Å². The number of aromatic hydroxyl groups is 1. The summed E-state index contributed by atoms with van der Waals surface area (Å²) in [6, 6.07) is 1.64. The number of phenols is 1. The predicted octanol–water partition coefficient (Wildman–Crippen LogP) is 5.80. The molecule has 0 spiro atoms. The minimum atomic E-state index is -0.159. The molecule has 5 heteroatoms. The Morgan fingerprint density at radius 3 is 2.59 bits per heavy atom. The van der Waals surface area contributed by atoms with Crippen molar-refractivity contribution in [2.24, 2.45) is 0 Å². The summed E-state index contributed by atoms with van der Waals surface area (Å²) in [4.78, 5) is 0.796. The number of allylic oxidation sites excluding steroid dienone is 2. The second kappa shape index (κ2) is 7.42. The minimum Gasteiger partial charge on any atom is -0.505 e. The maximum absolute atomic E-state index is 9.48. The molecule has 0 saturated carbocycles. The van der Waals surface area contributed by atoms with E-state index in [0.717, 1.165) is 23.5 Å². The maximum atomic E-state index is 9.48. The molecule has 0 bridgehead atoms. The molecule has 0 unspecified atom stereocenters. The quantitative estimate of drug-likeness (QED) is 0.321. The number of phenolic OH excluding ortho intramolecular Hbond substituents is 1. The molecule has 17 heavy (non-hydrogen) atoms. The number of rotatable bonds is 5. The topological polar surface area (TPSA) is 20.2 Å². The van der Waals surface area contributed by atoms with Crippen molar-refractivity contribution >= 4 is 46.6 Å². The molecule has 0 radical (unpaired) electrons. The first kappa shape index (κ1) is 15.0. The Morgan fingerprint density at radius 2 is 1.94 bits per heavy atom. The zero-order valence-corrected chi connectivity index (χ0v) is 12.4. The van der Waals surface area contributed by atoms with Crippen LogP contribution in [0.4, 0.5) is 0 Å². The van der Waals surface area contributed by atoms with E-state index in [1.165, 1.54) is 0 Å². The van der Waals surface area contributed by atoms with Gasteiger partial charge in [0.15, 0.2) is 5.75 Å². The molecule has 0 atom stereocenters. The first-order valence-corrected chi connectivity index (χ1v) is 7.34. The van der Waals surface area contributed by atoms with Crippen LogP contribution in [0.3, 0.4) is 0 Å². The number of thioether (sulfide) groups is 1. The van der Waals surface area contributed by atoms with Crippen molar-refractivity contribution in [3.05, 3.63) is 33.3 Å². The molecule has 1 rings (SSSR count). The van der Waals surface area contributed by atoms with Crippen molar-refractivity contribution in [1.82, 2.24) is 0 Å². The number of hydrogen-bond donors (Lipinski definition) is 1. The van der Waals surface area contributed by atoms with E-state index in [4.69, 9.17) is 34.8 Å². The Bertz CT molecular complexity index is 419. The van der Waals surface area contributed by atoms with Gasteiger partial charge in [-0.2, -0.15) is 0 Å². The highest BCUT2D eigenvalue weighted by molar-refractivity contribution is 7.99. The zero-order chi connectivity index (χ0) is 12.8. The first-order chi connectivity index (χ1) is 8.07. The lowest BCUT2D eigenvalue weighted by Crippen LogP contribution is -1.82. The highest BCUT2D eigenvalue weighted by Crippen LogP contribution is 2.43. The molecule has 0 saturated heterocycles. The van der Waals surface area contributed by atoms with Crippen molar-refractivity contribution in [2.75, 3.05) is 5.75 Å². The van der Waals surface area contributed by atoms with E-state index in [1.807, 2.05) is 0 Å². The van der Waals surface area contributed by atoms with Gasteiger partial charge in [0.25, 0.3) is 0 Å². The molecule has 0 heterocycles. The number of hydrogen-bond acceptors (Lipinski definition) is 2. The van der Waals surface area contributed by atoms with Gasteiger partial charge < -0.3 is 5.11 Å². The molecule has 0 aromatic heterocycles. The van der Waals surface area contributed by atoms with Crippen molar-refractivity contribution in [3.8, 4) is 5.75 Å². The van der Waals surface area contributed by atoms with E-state index in [-0.39, 0.29) is 15.8 Å². The smallest absolute Gasteiger partial charge is 0.154 e. The van der Waals surface area contributed by atoms with Crippen LogP contribution in [0.25, 0.3) is 0 Å². The Balaban J connectivity index is 2.69. The molecule has 0 fully saturated rings. The van der Waals surface area contributed by atoms with Gasteiger partial charge in [0.1, 0.15) is 5.02 Å². The zero-order valence-electron chi connectivity index (χ0n) is 9.34. The molecule has 0 aliphatic rings. The maximum Gasteiger partial charge on any atom is 0.154 e. The molecule has 1 aromatic carbocycles. The van der Waals surface area contributed by atoms with E-state index >= 15 is 0 Å². The summed E-state index contributed by atoms with van der Waals surface area (Å²) in [6.45, 7) is 2.10. The fraction of sp³-hybridized carbons (Fsp3) is 0.333. The Labute approximate surface area is 121 Å². The lowest BCUT2D eigenvalue weighted by Gasteiger charge is -2.08. The largest absolute Gasteiger partial charge is 0.505 e. The lowest BCUT2D eigenvalue weighted by atomic mass is 10.3. The number of halogens is 3. The van der Waals surface area contributed by atoms with Gasteiger partial charge in [0.05, 0.1) is 10.0 Å². The summed E-state index contributed by atoms with van der Waals surface area (Å²) in [5.74, 6) is 0.738. The molecule has 0 amide bonds. The van der Waals surface area contributed by atoms with Gasteiger partial charge in [-0.25, -0.2) is 0 Å². The van der Waals surface area contributed by atoms with Crippen molar-refractivity contribution < 1.29 is 5.11 Å². The van der Waals surface area contributed by atoms with Crippen LogP contribution < -0.4 is 0 Å². The van der Waals surface area contributed by atoms with Gasteiger partial charge in [-0.15, -0.1) is 11.8 Å². The third kappa shape index (κ3) is 4.29. The number of benzene rings is 1. The molecule has 1 nitrogen and oxygen atoms in total. The second-order valence-corrected chi connectivity index (χ2v) is 5.65. The first-order valence-electron chi connectivity index (χ1n) is 5.22. The van der Waals surface area contributed by atoms with Crippen molar-refractivity contribution in [1.29, 1.82) is 0 Å². The van der Waals surface area contributed by atoms with Crippen LogP contribution in [0.5, 0.6) is 5.75 Å². The highest BCUT2D eigenvalue weighted by Gasteiger charge is 2.13. The van der Waals surface area contributed by atoms with E-state index in [0.29, 0.717) is 5.02 Å². The van der Waals surface area contributed by atoms with Gasteiger partial charge in [-0.1, -0.05) is 53.9 Å². The van der Waals surface area contributed by atoms with Crippen molar-refractivity contribution in [3.63, 3.8) is 0 Å². The van der Waals surface area contributed by atoms with Crippen LogP contribution in [-0.4, -0.2) is 10.9 Å². The Hall–Kier alpha value is -0.0200. The Kier molecular flexibility index (Phi) is 6.57. The molecule has 94 valence electrons. The molecule has 0 aliphatic heterocycles. The Morgan fingerprint density at radius 1 is 1.24 bits per heavy atom. The van der Waals surface area contributed by atoms with E-state index in [1.54, 1.807) is 17.8 Å². The van der Waals surface area contributed by atoms with Gasteiger partial charge in [-0.05, 0) is 18.9 Å². The van der Waals surface area contributed by atoms with Crippen LogP contribution >= 0.6 is 46.6 Å². The lowest BCUT2D eigenvalue weighted by molar-refractivity contribution is 0.475.